The van der Waals surface area contributed by atoms with E-state index in [1.807, 2.05) is 6.07 Å². The fraction of sp³-hybridized carbons (Fsp3) is 0.714. The SMILES string of the molecule is CCNc1cc(CC)nc(C2(C)CCCCO2)n1. The lowest BCUT2D eigenvalue weighted by Gasteiger charge is -2.32. The van der Waals surface area contributed by atoms with E-state index in [-0.39, 0.29) is 5.60 Å². The van der Waals surface area contributed by atoms with Crippen molar-refractivity contribution in [1.82, 2.24) is 9.97 Å². The molecule has 1 fully saturated rings. The topological polar surface area (TPSA) is 47.0 Å². The van der Waals surface area contributed by atoms with Gasteiger partial charge in [0.2, 0.25) is 0 Å². The summed E-state index contributed by atoms with van der Waals surface area (Å²) in [6.07, 6.45) is 4.26. The van der Waals surface area contributed by atoms with Crippen molar-refractivity contribution in [3.8, 4) is 0 Å². The molecule has 100 valence electrons. The van der Waals surface area contributed by atoms with Crippen molar-refractivity contribution < 1.29 is 4.74 Å². The molecule has 1 aromatic heterocycles. The van der Waals surface area contributed by atoms with Gasteiger partial charge in [0.15, 0.2) is 5.82 Å². The molecule has 1 N–H and O–H groups in total. The molecule has 0 aliphatic carbocycles. The van der Waals surface area contributed by atoms with Crippen LogP contribution in [0.15, 0.2) is 6.07 Å². The average Bonchev–Trinajstić information content (AvgIpc) is 2.39. The molecule has 1 atom stereocenters. The molecule has 0 bridgehead atoms. The van der Waals surface area contributed by atoms with Gasteiger partial charge in [-0.1, -0.05) is 6.92 Å². The van der Waals surface area contributed by atoms with Crippen molar-refractivity contribution in [3.05, 3.63) is 17.6 Å². The van der Waals surface area contributed by atoms with E-state index < -0.39 is 0 Å². The minimum Gasteiger partial charge on any atom is -0.370 e. The number of nitrogens with zero attached hydrogens (tertiary/aromatic N) is 2. The Balaban J connectivity index is 2.32. The lowest BCUT2D eigenvalue weighted by molar-refractivity contribution is -0.0760. The first-order valence-electron chi connectivity index (χ1n) is 6.94. The van der Waals surface area contributed by atoms with E-state index in [2.05, 4.69) is 36.1 Å². The van der Waals surface area contributed by atoms with Crippen LogP contribution in [0.4, 0.5) is 5.82 Å². The van der Waals surface area contributed by atoms with E-state index in [9.17, 15) is 0 Å². The van der Waals surface area contributed by atoms with Gasteiger partial charge in [0, 0.05) is 24.9 Å². The van der Waals surface area contributed by atoms with Gasteiger partial charge in [-0.2, -0.15) is 0 Å². The molecular formula is C14H23N3O. The van der Waals surface area contributed by atoms with Gasteiger partial charge in [0.1, 0.15) is 11.4 Å². The molecule has 0 saturated carbocycles. The fourth-order valence-electron chi connectivity index (χ4n) is 2.30. The number of ether oxygens (including phenoxy) is 1. The molecule has 0 aromatic carbocycles. The van der Waals surface area contributed by atoms with Crippen LogP contribution in [-0.4, -0.2) is 23.1 Å². The number of aromatic nitrogens is 2. The first-order chi connectivity index (χ1) is 8.68. The monoisotopic (exact) mass is 249 g/mol. The standard InChI is InChI=1S/C14H23N3O/c1-4-11-10-12(15-5-2)17-13(16-11)14(3)8-6-7-9-18-14/h10H,4-9H2,1-3H3,(H,15,16,17). The third-order valence-electron chi connectivity index (χ3n) is 3.44. The maximum absolute atomic E-state index is 5.93. The largest absolute Gasteiger partial charge is 0.370 e. The first-order valence-corrected chi connectivity index (χ1v) is 6.94. The van der Waals surface area contributed by atoms with Crippen molar-refractivity contribution in [2.75, 3.05) is 18.5 Å². The van der Waals surface area contributed by atoms with E-state index in [0.717, 1.165) is 49.8 Å². The Morgan fingerprint density at radius 2 is 2.17 bits per heavy atom. The van der Waals surface area contributed by atoms with Crippen LogP contribution in [0.25, 0.3) is 0 Å². The van der Waals surface area contributed by atoms with Gasteiger partial charge in [0.25, 0.3) is 0 Å². The molecule has 0 radical (unpaired) electrons. The Morgan fingerprint density at radius 1 is 1.33 bits per heavy atom. The number of aryl methyl sites for hydroxylation is 1. The van der Waals surface area contributed by atoms with Gasteiger partial charge in [-0.15, -0.1) is 0 Å². The molecule has 1 aliphatic rings. The number of rotatable bonds is 4. The molecule has 4 heteroatoms. The summed E-state index contributed by atoms with van der Waals surface area (Å²) < 4.78 is 5.93. The summed E-state index contributed by atoms with van der Waals surface area (Å²) in [6, 6.07) is 2.03. The summed E-state index contributed by atoms with van der Waals surface area (Å²) in [5.41, 5.74) is 0.763. The maximum atomic E-state index is 5.93. The molecule has 2 heterocycles. The van der Waals surface area contributed by atoms with Gasteiger partial charge in [-0.3, -0.25) is 0 Å². The molecule has 1 aliphatic heterocycles. The molecule has 18 heavy (non-hydrogen) atoms. The Kier molecular flexibility index (Phi) is 4.17. The number of anilines is 1. The average molecular weight is 249 g/mol. The first kappa shape index (κ1) is 13.3. The highest BCUT2D eigenvalue weighted by Gasteiger charge is 2.33. The van der Waals surface area contributed by atoms with E-state index in [4.69, 9.17) is 4.74 Å². The molecule has 0 amide bonds. The summed E-state index contributed by atoms with van der Waals surface area (Å²) in [7, 11) is 0. The van der Waals surface area contributed by atoms with Gasteiger partial charge in [-0.25, -0.2) is 9.97 Å². The van der Waals surface area contributed by atoms with Gasteiger partial charge in [0.05, 0.1) is 0 Å². The molecule has 0 spiro atoms. The summed E-state index contributed by atoms with van der Waals surface area (Å²) in [5, 5.41) is 3.27. The van der Waals surface area contributed by atoms with Crippen molar-refractivity contribution in [2.45, 2.75) is 52.1 Å². The Hall–Kier alpha value is -1.16. The lowest BCUT2D eigenvalue weighted by Crippen LogP contribution is -2.32. The zero-order valence-corrected chi connectivity index (χ0v) is 11.6. The van der Waals surface area contributed by atoms with Crippen molar-refractivity contribution in [2.24, 2.45) is 0 Å². The summed E-state index contributed by atoms with van der Waals surface area (Å²) in [6.45, 7) is 7.98. The second kappa shape index (κ2) is 5.65. The number of nitrogens with one attached hydrogen (secondary N) is 1. The van der Waals surface area contributed by atoms with E-state index in [0.29, 0.717) is 0 Å². The zero-order valence-electron chi connectivity index (χ0n) is 11.6. The quantitative estimate of drug-likeness (QED) is 0.891. The summed E-state index contributed by atoms with van der Waals surface area (Å²) >= 11 is 0. The van der Waals surface area contributed by atoms with E-state index in [1.165, 1.54) is 6.42 Å². The second-order valence-corrected chi connectivity index (χ2v) is 4.99. The maximum Gasteiger partial charge on any atom is 0.162 e. The third-order valence-corrected chi connectivity index (χ3v) is 3.44. The van der Waals surface area contributed by atoms with Gasteiger partial charge < -0.3 is 10.1 Å². The van der Waals surface area contributed by atoms with Gasteiger partial charge in [-0.05, 0) is 39.5 Å². The van der Waals surface area contributed by atoms with Gasteiger partial charge >= 0.3 is 0 Å². The van der Waals surface area contributed by atoms with Crippen molar-refractivity contribution >= 4 is 5.82 Å². The molecule has 1 aromatic rings. The molecule has 1 saturated heterocycles. The second-order valence-electron chi connectivity index (χ2n) is 4.99. The summed E-state index contributed by atoms with van der Waals surface area (Å²) in [5.74, 6) is 1.74. The molecular weight excluding hydrogens is 226 g/mol. The highest BCUT2D eigenvalue weighted by molar-refractivity contribution is 5.36. The summed E-state index contributed by atoms with van der Waals surface area (Å²) in [4.78, 5) is 9.27. The van der Waals surface area contributed by atoms with Crippen LogP contribution >= 0.6 is 0 Å². The van der Waals surface area contributed by atoms with Crippen LogP contribution in [-0.2, 0) is 16.8 Å². The van der Waals surface area contributed by atoms with Crippen LogP contribution in [0, 0.1) is 0 Å². The zero-order chi connectivity index (χ0) is 13.0. The Bertz CT molecular complexity index is 400. The molecule has 1 unspecified atom stereocenters. The normalized spacial score (nSPS) is 23.9. The van der Waals surface area contributed by atoms with Crippen LogP contribution in [0.5, 0.6) is 0 Å². The molecule has 4 nitrogen and oxygen atoms in total. The predicted molar refractivity (Wildman–Crippen MR) is 72.7 cm³/mol. The number of hydrogen-bond acceptors (Lipinski definition) is 4. The van der Waals surface area contributed by atoms with Crippen LogP contribution in [0.3, 0.4) is 0 Å². The van der Waals surface area contributed by atoms with E-state index in [1.54, 1.807) is 0 Å². The van der Waals surface area contributed by atoms with E-state index >= 15 is 0 Å². The molecule has 2 rings (SSSR count). The highest BCUT2D eigenvalue weighted by atomic mass is 16.5. The minimum absolute atomic E-state index is 0.312. The Labute approximate surface area is 109 Å². The van der Waals surface area contributed by atoms with Crippen LogP contribution in [0.2, 0.25) is 0 Å². The fourth-order valence-corrected chi connectivity index (χ4v) is 2.30. The lowest BCUT2D eigenvalue weighted by atomic mass is 9.95. The van der Waals surface area contributed by atoms with Crippen LogP contribution in [0.1, 0.15) is 51.6 Å². The van der Waals surface area contributed by atoms with Crippen LogP contribution < -0.4 is 5.32 Å². The smallest absolute Gasteiger partial charge is 0.162 e. The Morgan fingerprint density at radius 3 is 2.78 bits per heavy atom. The van der Waals surface area contributed by atoms with Crippen molar-refractivity contribution in [1.29, 1.82) is 0 Å². The number of hydrogen-bond donors (Lipinski definition) is 1. The minimum atomic E-state index is -0.312. The predicted octanol–water partition coefficient (Wildman–Crippen LogP) is 2.89. The highest BCUT2D eigenvalue weighted by Crippen LogP contribution is 2.33. The van der Waals surface area contributed by atoms with Crippen molar-refractivity contribution in [3.63, 3.8) is 0 Å². The third kappa shape index (κ3) is 2.80.